The SMILES string of the molecule is Oc1c(Cl)cc(OCC=C(Br)Br)cc1Cl. The normalized spacial score (nSPS) is 9.87. The van der Waals surface area contributed by atoms with Gasteiger partial charge in [-0.2, -0.15) is 0 Å². The second-order valence-corrected chi connectivity index (χ2v) is 6.13. The monoisotopic (exact) mass is 374 g/mol. The predicted molar refractivity (Wildman–Crippen MR) is 69.6 cm³/mol. The van der Waals surface area contributed by atoms with Crippen LogP contribution in [0.2, 0.25) is 10.0 Å². The van der Waals surface area contributed by atoms with Crippen LogP contribution < -0.4 is 4.74 Å². The molecule has 1 rings (SSSR count). The summed E-state index contributed by atoms with van der Waals surface area (Å²) in [5.41, 5.74) is 0. The quantitative estimate of drug-likeness (QED) is 0.827. The number of benzene rings is 1. The number of phenolic OH excluding ortho intramolecular Hbond substituents is 1. The summed E-state index contributed by atoms with van der Waals surface area (Å²) < 4.78 is 6.11. The summed E-state index contributed by atoms with van der Waals surface area (Å²) in [6, 6.07) is 3.00. The fraction of sp³-hybridized carbons (Fsp3) is 0.111. The molecule has 0 heterocycles. The highest BCUT2D eigenvalue weighted by Crippen LogP contribution is 2.35. The van der Waals surface area contributed by atoms with Gasteiger partial charge in [0.25, 0.3) is 0 Å². The molecule has 0 aliphatic carbocycles. The number of hydrogen-bond donors (Lipinski definition) is 1. The smallest absolute Gasteiger partial charge is 0.153 e. The molecule has 1 aromatic rings. The number of ether oxygens (including phenoxy) is 1. The molecule has 0 aliphatic rings. The van der Waals surface area contributed by atoms with Crippen molar-refractivity contribution in [2.75, 3.05) is 6.61 Å². The van der Waals surface area contributed by atoms with Gasteiger partial charge in [-0.25, -0.2) is 0 Å². The third-order valence-electron chi connectivity index (χ3n) is 1.48. The molecule has 0 saturated heterocycles. The van der Waals surface area contributed by atoms with Crippen LogP contribution >= 0.6 is 55.1 Å². The van der Waals surface area contributed by atoms with Crippen LogP contribution in [0.15, 0.2) is 21.6 Å². The number of hydrogen-bond acceptors (Lipinski definition) is 2. The molecular formula is C9H6Br2Cl2O2. The summed E-state index contributed by atoms with van der Waals surface area (Å²) in [7, 11) is 0. The Labute approximate surface area is 114 Å². The standard InChI is InChI=1S/C9H6Br2Cl2O2/c10-8(11)1-2-15-5-3-6(12)9(14)7(13)4-5/h1,3-4,14H,2H2. The average Bonchev–Trinajstić information content (AvgIpc) is 2.13. The molecule has 0 spiro atoms. The van der Waals surface area contributed by atoms with E-state index in [1.807, 2.05) is 0 Å². The summed E-state index contributed by atoms with van der Waals surface area (Å²) in [4.78, 5) is 0. The topological polar surface area (TPSA) is 29.5 Å². The minimum Gasteiger partial charge on any atom is -0.505 e. The van der Waals surface area contributed by atoms with E-state index in [4.69, 9.17) is 27.9 Å². The molecule has 0 aromatic heterocycles. The molecular weight excluding hydrogens is 371 g/mol. The van der Waals surface area contributed by atoms with E-state index in [0.29, 0.717) is 12.4 Å². The number of phenols is 1. The van der Waals surface area contributed by atoms with Crippen molar-refractivity contribution in [3.05, 3.63) is 31.6 Å². The molecule has 0 unspecified atom stereocenters. The van der Waals surface area contributed by atoms with Gasteiger partial charge in [0.2, 0.25) is 0 Å². The Kier molecular flexibility index (Phi) is 5.26. The highest BCUT2D eigenvalue weighted by Gasteiger charge is 2.06. The minimum absolute atomic E-state index is 0.136. The maximum Gasteiger partial charge on any atom is 0.153 e. The summed E-state index contributed by atoms with van der Waals surface area (Å²) in [6.07, 6.45) is 1.77. The first kappa shape index (κ1) is 13.2. The van der Waals surface area contributed by atoms with Crippen LogP contribution in [-0.4, -0.2) is 11.7 Å². The van der Waals surface area contributed by atoms with Crippen molar-refractivity contribution in [1.29, 1.82) is 0 Å². The fourth-order valence-electron chi connectivity index (χ4n) is 0.826. The summed E-state index contributed by atoms with van der Waals surface area (Å²) >= 11 is 17.8. The van der Waals surface area contributed by atoms with Gasteiger partial charge >= 0.3 is 0 Å². The summed E-state index contributed by atoms with van der Waals surface area (Å²) in [6.45, 7) is 0.364. The first-order valence-electron chi connectivity index (χ1n) is 3.82. The van der Waals surface area contributed by atoms with Crippen molar-refractivity contribution in [2.24, 2.45) is 0 Å². The highest BCUT2D eigenvalue weighted by atomic mass is 79.9. The Morgan fingerprint density at radius 1 is 1.33 bits per heavy atom. The summed E-state index contributed by atoms with van der Waals surface area (Å²) in [5, 5.41) is 9.63. The number of halogens is 4. The van der Waals surface area contributed by atoms with E-state index in [2.05, 4.69) is 31.9 Å². The molecule has 0 fully saturated rings. The minimum atomic E-state index is -0.136. The van der Waals surface area contributed by atoms with Gasteiger partial charge in [0.1, 0.15) is 12.4 Å². The fourth-order valence-corrected chi connectivity index (χ4v) is 1.56. The highest BCUT2D eigenvalue weighted by molar-refractivity contribution is 9.28. The Balaban J connectivity index is 2.75. The second-order valence-electron chi connectivity index (χ2n) is 2.54. The van der Waals surface area contributed by atoms with Crippen molar-refractivity contribution in [3.63, 3.8) is 0 Å². The van der Waals surface area contributed by atoms with E-state index in [1.165, 1.54) is 12.1 Å². The zero-order chi connectivity index (χ0) is 11.4. The van der Waals surface area contributed by atoms with Crippen LogP contribution in [-0.2, 0) is 0 Å². The molecule has 82 valence electrons. The van der Waals surface area contributed by atoms with Crippen molar-refractivity contribution < 1.29 is 9.84 Å². The van der Waals surface area contributed by atoms with E-state index < -0.39 is 0 Å². The molecule has 0 atom stereocenters. The largest absolute Gasteiger partial charge is 0.505 e. The van der Waals surface area contributed by atoms with Crippen LogP contribution in [0.1, 0.15) is 0 Å². The third-order valence-corrected chi connectivity index (χ3v) is 2.70. The van der Waals surface area contributed by atoms with Gasteiger partial charge in [0, 0.05) is 12.1 Å². The Bertz CT molecular complexity index is 367. The first-order chi connectivity index (χ1) is 7.00. The first-order valence-corrected chi connectivity index (χ1v) is 6.17. The number of aromatic hydroxyl groups is 1. The van der Waals surface area contributed by atoms with Crippen LogP contribution in [0.5, 0.6) is 11.5 Å². The van der Waals surface area contributed by atoms with E-state index in [0.717, 1.165) is 3.39 Å². The third kappa shape index (κ3) is 4.23. The van der Waals surface area contributed by atoms with E-state index >= 15 is 0 Å². The van der Waals surface area contributed by atoms with Crippen molar-refractivity contribution in [2.45, 2.75) is 0 Å². The van der Waals surface area contributed by atoms with Gasteiger partial charge in [0.15, 0.2) is 5.75 Å². The van der Waals surface area contributed by atoms with Gasteiger partial charge in [-0.1, -0.05) is 23.2 Å². The molecule has 0 bridgehead atoms. The molecule has 0 amide bonds. The second kappa shape index (κ2) is 5.99. The summed E-state index contributed by atoms with van der Waals surface area (Å²) in [5.74, 6) is 0.364. The molecule has 0 aliphatic heterocycles. The van der Waals surface area contributed by atoms with Gasteiger partial charge < -0.3 is 9.84 Å². The van der Waals surface area contributed by atoms with Gasteiger partial charge in [-0.3, -0.25) is 0 Å². The zero-order valence-corrected chi connectivity index (χ0v) is 12.0. The molecule has 6 heteroatoms. The maximum atomic E-state index is 9.30. The van der Waals surface area contributed by atoms with E-state index in [1.54, 1.807) is 6.08 Å². The Morgan fingerprint density at radius 3 is 2.33 bits per heavy atom. The lowest BCUT2D eigenvalue weighted by atomic mass is 10.3. The lowest BCUT2D eigenvalue weighted by Crippen LogP contribution is -1.93. The van der Waals surface area contributed by atoms with Gasteiger partial charge in [-0.05, 0) is 37.9 Å². The van der Waals surface area contributed by atoms with Crippen LogP contribution in [0, 0.1) is 0 Å². The molecule has 1 N–H and O–H groups in total. The zero-order valence-electron chi connectivity index (χ0n) is 7.31. The maximum absolute atomic E-state index is 9.30. The van der Waals surface area contributed by atoms with Crippen LogP contribution in [0.3, 0.4) is 0 Å². The number of rotatable bonds is 3. The Hall–Kier alpha value is 0.1000. The van der Waals surface area contributed by atoms with E-state index in [9.17, 15) is 5.11 Å². The molecule has 0 radical (unpaired) electrons. The van der Waals surface area contributed by atoms with E-state index in [-0.39, 0.29) is 15.8 Å². The Morgan fingerprint density at radius 2 is 1.87 bits per heavy atom. The molecule has 2 nitrogen and oxygen atoms in total. The lowest BCUT2D eigenvalue weighted by Gasteiger charge is -2.06. The molecule has 15 heavy (non-hydrogen) atoms. The predicted octanol–water partition coefficient (Wildman–Crippen LogP) is 4.71. The lowest BCUT2D eigenvalue weighted by molar-refractivity contribution is 0.362. The molecule has 0 saturated carbocycles. The van der Waals surface area contributed by atoms with Gasteiger partial charge in [0.05, 0.1) is 13.4 Å². The van der Waals surface area contributed by atoms with Crippen molar-refractivity contribution in [3.8, 4) is 11.5 Å². The van der Waals surface area contributed by atoms with Gasteiger partial charge in [-0.15, -0.1) is 0 Å². The van der Waals surface area contributed by atoms with Crippen LogP contribution in [0.4, 0.5) is 0 Å². The average molecular weight is 377 g/mol. The van der Waals surface area contributed by atoms with Crippen molar-refractivity contribution >= 4 is 55.1 Å². The van der Waals surface area contributed by atoms with Crippen molar-refractivity contribution in [1.82, 2.24) is 0 Å². The molecule has 1 aromatic carbocycles. The van der Waals surface area contributed by atoms with Crippen LogP contribution in [0.25, 0.3) is 0 Å².